The third-order valence-corrected chi connectivity index (χ3v) is 4.98. The van der Waals surface area contributed by atoms with Gasteiger partial charge in [0, 0.05) is 26.8 Å². The summed E-state index contributed by atoms with van der Waals surface area (Å²) in [4.78, 5) is 21.8. The van der Waals surface area contributed by atoms with Gasteiger partial charge in [0.2, 0.25) is 5.91 Å². The van der Waals surface area contributed by atoms with Gasteiger partial charge < -0.3 is 10.2 Å². The molecule has 0 aliphatic heterocycles. The molecule has 0 radical (unpaired) electrons. The topological polar surface area (TPSA) is 49.3 Å². The lowest BCUT2D eigenvalue weighted by Crippen LogP contribution is -2.32. The van der Waals surface area contributed by atoms with Crippen molar-refractivity contribution in [3.63, 3.8) is 0 Å². The lowest BCUT2D eigenvalue weighted by Gasteiger charge is -2.14. The predicted molar refractivity (Wildman–Crippen MR) is 90.8 cm³/mol. The quantitative estimate of drug-likeness (QED) is 0.647. The van der Waals surface area contributed by atoms with E-state index in [2.05, 4.69) is 24.4 Å². The second-order valence-corrected chi connectivity index (χ2v) is 7.46. The molecular weight excluding hydrogens is 281 g/mol. The zero-order valence-electron chi connectivity index (χ0n) is 13.2. The Morgan fingerprint density at radius 2 is 2.00 bits per heavy atom. The van der Waals surface area contributed by atoms with Gasteiger partial charge in [0.25, 0.3) is 0 Å². The molecule has 4 heteroatoms. The van der Waals surface area contributed by atoms with E-state index >= 15 is 0 Å². The SMILES string of the molecule is CCCCC(C)NC(=O)CCP(O)CCc1ccccc1. The van der Waals surface area contributed by atoms with Crippen LogP contribution in [0.1, 0.15) is 45.1 Å². The van der Waals surface area contributed by atoms with E-state index in [0.717, 1.165) is 31.8 Å². The van der Waals surface area contributed by atoms with Crippen molar-refractivity contribution < 1.29 is 9.69 Å². The fraction of sp³-hybridized carbons (Fsp3) is 0.588. The second-order valence-electron chi connectivity index (χ2n) is 5.55. The van der Waals surface area contributed by atoms with Crippen molar-refractivity contribution >= 4 is 14.1 Å². The Morgan fingerprint density at radius 1 is 1.29 bits per heavy atom. The number of nitrogens with one attached hydrogen (secondary N) is 1. The average Bonchev–Trinajstić information content (AvgIpc) is 2.50. The van der Waals surface area contributed by atoms with Crippen LogP contribution in [-0.4, -0.2) is 29.2 Å². The van der Waals surface area contributed by atoms with Crippen LogP contribution in [0.4, 0.5) is 0 Å². The summed E-state index contributed by atoms with van der Waals surface area (Å²) in [6, 6.07) is 10.4. The van der Waals surface area contributed by atoms with E-state index in [1.165, 1.54) is 5.56 Å². The molecule has 0 aliphatic rings. The van der Waals surface area contributed by atoms with E-state index in [4.69, 9.17) is 0 Å². The van der Waals surface area contributed by atoms with Crippen molar-refractivity contribution in [1.82, 2.24) is 5.32 Å². The monoisotopic (exact) mass is 309 g/mol. The zero-order chi connectivity index (χ0) is 15.5. The van der Waals surface area contributed by atoms with Crippen LogP contribution in [0.3, 0.4) is 0 Å². The minimum atomic E-state index is -1.03. The Labute approximate surface area is 130 Å². The van der Waals surface area contributed by atoms with Gasteiger partial charge in [0.15, 0.2) is 0 Å². The molecule has 0 bridgehead atoms. The molecule has 2 unspecified atom stereocenters. The first-order valence-corrected chi connectivity index (χ1v) is 9.55. The smallest absolute Gasteiger partial charge is 0.220 e. The van der Waals surface area contributed by atoms with Crippen LogP contribution in [0.2, 0.25) is 0 Å². The fourth-order valence-electron chi connectivity index (χ4n) is 2.17. The van der Waals surface area contributed by atoms with Crippen molar-refractivity contribution in [1.29, 1.82) is 0 Å². The minimum absolute atomic E-state index is 0.0693. The second kappa shape index (κ2) is 10.8. The Hall–Kier alpha value is -0.920. The van der Waals surface area contributed by atoms with Gasteiger partial charge in [-0.2, -0.15) is 0 Å². The molecule has 1 amide bonds. The third-order valence-electron chi connectivity index (χ3n) is 3.50. The maximum absolute atomic E-state index is 11.8. The Balaban J connectivity index is 2.14. The summed E-state index contributed by atoms with van der Waals surface area (Å²) >= 11 is 0. The van der Waals surface area contributed by atoms with Gasteiger partial charge in [-0.3, -0.25) is 4.79 Å². The molecule has 0 spiro atoms. The number of unbranched alkanes of at least 4 members (excludes halogenated alkanes) is 1. The molecular formula is C17H28NO2P. The van der Waals surface area contributed by atoms with Crippen molar-refractivity contribution in [3.8, 4) is 0 Å². The van der Waals surface area contributed by atoms with Crippen LogP contribution >= 0.6 is 8.15 Å². The minimum Gasteiger partial charge on any atom is -0.374 e. The molecule has 1 aromatic rings. The van der Waals surface area contributed by atoms with Crippen molar-refractivity contribution in [2.45, 2.75) is 52.0 Å². The Bertz CT molecular complexity index is 397. The molecule has 118 valence electrons. The van der Waals surface area contributed by atoms with Gasteiger partial charge in [-0.1, -0.05) is 50.1 Å². The number of carbonyl (C=O) groups excluding carboxylic acids is 1. The molecule has 0 saturated carbocycles. The maximum atomic E-state index is 11.8. The Kier molecular flexibility index (Phi) is 9.29. The summed E-state index contributed by atoms with van der Waals surface area (Å²) < 4.78 is 0. The molecule has 0 aliphatic carbocycles. The summed E-state index contributed by atoms with van der Waals surface area (Å²) in [5.74, 6) is 0.0693. The molecule has 1 rings (SSSR count). The number of benzene rings is 1. The van der Waals surface area contributed by atoms with Crippen LogP contribution in [0.15, 0.2) is 30.3 Å². The standard InChI is InChI=1S/C17H28NO2P/c1-3-4-8-15(2)18-17(19)12-14-21(20)13-11-16-9-6-5-7-10-16/h5-7,9-10,15,20H,3-4,8,11-14H2,1-2H3,(H,18,19). The molecule has 0 aromatic heterocycles. The first kappa shape index (κ1) is 18.1. The van der Waals surface area contributed by atoms with E-state index in [-0.39, 0.29) is 11.9 Å². The van der Waals surface area contributed by atoms with E-state index in [9.17, 15) is 9.69 Å². The van der Waals surface area contributed by atoms with Crippen molar-refractivity contribution in [3.05, 3.63) is 35.9 Å². The number of rotatable bonds is 10. The van der Waals surface area contributed by atoms with Gasteiger partial charge in [-0.05, 0) is 31.5 Å². The highest BCUT2D eigenvalue weighted by Gasteiger charge is 2.10. The number of carbonyl (C=O) groups is 1. The van der Waals surface area contributed by atoms with Crippen LogP contribution in [0, 0.1) is 0 Å². The molecule has 1 aromatic carbocycles. The van der Waals surface area contributed by atoms with Gasteiger partial charge in [-0.25, -0.2) is 0 Å². The van der Waals surface area contributed by atoms with Crippen LogP contribution in [0.5, 0.6) is 0 Å². The lowest BCUT2D eigenvalue weighted by molar-refractivity contribution is -0.121. The van der Waals surface area contributed by atoms with Crippen LogP contribution in [0.25, 0.3) is 0 Å². The van der Waals surface area contributed by atoms with Gasteiger partial charge in [0.1, 0.15) is 0 Å². The van der Waals surface area contributed by atoms with E-state index in [1.54, 1.807) is 0 Å². The number of hydrogen-bond donors (Lipinski definition) is 2. The highest BCUT2D eigenvalue weighted by molar-refractivity contribution is 7.51. The molecule has 3 nitrogen and oxygen atoms in total. The van der Waals surface area contributed by atoms with Crippen molar-refractivity contribution in [2.24, 2.45) is 0 Å². The van der Waals surface area contributed by atoms with Gasteiger partial charge >= 0.3 is 0 Å². The maximum Gasteiger partial charge on any atom is 0.220 e. The molecule has 2 N–H and O–H groups in total. The fourth-order valence-corrected chi connectivity index (χ4v) is 3.38. The number of hydrogen-bond acceptors (Lipinski definition) is 2. The summed E-state index contributed by atoms with van der Waals surface area (Å²) in [6.45, 7) is 4.20. The Morgan fingerprint density at radius 3 is 2.67 bits per heavy atom. The molecule has 2 atom stereocenters. The third kappa shape index (κ3) is 8.85. The van der Waals surface area contributed by atoms with E-state index in [1.807, 2.05) is 25.1 Å². The zero-order valence-corrected chi connectivity index (χ0v) is 14.1. The summed E-state index contributed by atoms with van der Waals surface area (Å²) in [5, 5.41) is 3.00. The largest absolute Gasteiger partial charge is 0.374 e. The number of amides is 1. The highest BCUT2D eigenvalue weighted by Crippen LogP contribution is 2.31. The van der Waals surface area contributed by atoms with E-state index < -0.39 is 8.15 Å². The van der Waals surface area contributed by atoms with Gasteiger partial charge in [-0.15, -0.1) is 0 Å². The molecule has 0 fully saturated rings. The van der Waals surface area contributed by atoms with Gasteiger partial charge in [0.05, 0.1) is 0 Å². The summed E-state index contributed by atoms with van der Waals surface area (Å²) in [5.41, 5.74) is 1.25. The molecule has 0 saturated heterocycles. The molecule has 0 heterocycles. The highest BCUT2D eigenvalue weighted by atomic mass is 31.1. The van der Waals surface area contributed by atoms with Crippen LogP contribution < -0.4 is 5.32 Å². The molecule has 21 heavy (non-hydrogen) atoms. The van der Waals surface area contributed by atoms with Crippen LogP contribution in [-0.2, 0) is 11.2 Å². The average molecular weight is 309 g/mol. The number of aryl methyl sites for hydroxylation is 1. The van der Waals surface area contributed by atoms with Crippen molar-refractivity contribution in [2.75, 3.05) is 12.3 Å². The predicted octanol–water partition coefficient (Wildman–Crippen LogP) is 3.70. The first-order valence-electron chi connectivity index (χ1n) is 7.89. The summed E-state index contributed by atoms with van der Waals surface area (Å²) in [6.07, 6.45) is 6.04. The first-order chi connectivity index (χ1) is 10.1. The normalized spacial score (nSPS) is 13.7. The van der Waals surface area contributed by atoms with E-state index in [0.29, 0.717) is 12.6 Å². The summed E-state index contributed by atoms with van der Waals surface area (Å²) in [7, 11) is -1.03. The lowest BCUT2D eigenvalue weighted by atomic mass is 10.1.